The molecule has 0 aliphatic rings. The molecule has 3 nitrogen and oxygen atoms in total. The molecule has 2 N–H and O–H groups in total. The molecule has 1 heterocycles. The molecule has 1 aromatic heterocycles. The van der Waals surface area contributed by atoms with Crippen molar-refractivity contribution in [1.29, 1.82) is 0 Å². The summed E-state index contributed by atoms with van der Waals surface area (Å²) in [6.07, 6.45) is 1.81. The van der Waals surface area contributed by atoms with Crippen molar-refractivity contribution in [1.82, 2.24) is 4.98 Å². The van der Waals surface area contributed by atoms with E-state index in [4.69, 9.17) is 10.5 Å². The third kappa shape index (κ3) is 2.00. The van der Waals surface area contributed by atoms with E-state index in [-0.39, 0.29) is 0 Å². The van der Waals surface area contributed by atoms with Gasteiger partial charge in [0, 0.05) is 17.6 Å². The van der Waals surface area contributed by atoms with Crippen LogP contribution in [0.5, 0.6) is 5.75 Å². The third-order valence-corrected chi connectivity index (χ3v) is 3.15. The quantitative estimate of drug-likeness (QED) is 0.863. The molecule has 0 spiro atoms. The van der Waals surface area contributed by atoms with Crippen LogP contribution in [0.4, 0.5) is 0 Å². The number of aromatic nitrogens is 1. The zero-order chi connectivity index (χ0) is 10.7. The lowest BCUT2D eigenvalue weighted by Gasteiger charge is -2.04. The Kier molecular flexibility index (Phi) is 2.99. The van der Waals surface area contributed by atoms with Gasteiger partial charge in [-0.25, -0.2) is 4.98 Å². The Bertz CT molecular complexity index is 453. The van der Waals surface area contributed by atoms with Gasteiger partial charge in [-0.2, -0.15) is 0 Å². The minimum absolute atomic E-state index is 0.535. The molecule has 2 aromatic rings. The topological polar surface area (TPSA) is 48.1 Å². The van der Waals surface area contributed by atoms with Gasteiger partial charge in [0.2, 0.25) is 0 Å². The molecule has 0 aliphatic heterocycles. The lowest BCUT2D eigenvalue weighted by atomic mass is 10.2. The second kappa shape index (κ2) is 4.42. The highest BCUT2D eigenvalue weighted by Crippen LogP contribution is 2.32. The maximum absolute atomic E-state index is 5.55. The molecule has 2 rings (SSSR count). The first kappa shape index (κ1) is 10.1. The molecule has 0 fully saturated rings. The highest BCUT2D eigenvalue weighted by molar-refractivity contribution is 7.15. The Morgan fingerprint density at radius 1 is 1.40 bits per heavy atom. The number of methoxy groups -OCH3 is 1. The van der Waals surface area contributed by atoms with E-state index in [1.54, 1.807) is 18.4 Å². The SMILES string of the molecule is COc1ccccc1-c1ncc(CN)s1. The van der Waals surface area contributed by atoms with Crippen molar-refractivity contribution in [2.45, 2.75) is 6.54 Å². The van der Waals surface area contributed by atoms with Crippen molar-refractivity contribution in [3.63, 3.8) is 0 Å². The molecular formula is C11H12N2OS. The van der Waals surface area contributed by atoms with E-state index >= 15 is 0 Å². The monoisotopic (exact) mass is 220 g/mol. The zero-order valence-electron chi connectivity index (χ0n) is 8.43. The lowest BCUT2D eigenvalue weighted by Crippen LogP contribution is -1.91. The molecule has 1 aromatic carbocycles. The normalized spacial score (nSPS) is 10.3. The van der Waals surface area contributed by atoms with Gasteiger partial charge in [0.1, 0.15) is 10.8 Å². The maximum atomic E-state index is 5.55. The van der Waals surface area contributed by atoms with E-state index in [1.807, 2.05) is 30.5 Å². The van der Waals surface area contributed by atoms with Gasteiger partial charge in [-0.05, 0) is 12.1 Å². The number of thiazole rings is 1. The summed E-state index contributed by atoms with van der Waals surface area (Å²) in [5, 5.41) is 0.952. The molecular weight excluding hydrogens is 208 g/mol. The Balaban J connectivity index is 2.44. The van der Waals surface area contributed by atoms with Crippen LogP contribution in [-0.4, -0.2) is 12.1 Å². The number of nitrogens with zero attached hydrogens (tertiary/aromatic N) is 1. The molecule has 0 saturated heterocycles. The van der Waals surface area contributed by atoms with Gasteiger partial charge < -0.3 is 10.5 Å². The van der Waals surface area contributed by atoms with Crippen molar-refractivity contribution >= 4 is 11.3 Å². The summed E-state index contributed by atoms with van der Waals surface area (Å²) in [5.74, 6) is 0.843. The van der Waals surface area contributed by atoms with Crippen LogP contribution in [0.3, 0.4) is 0 Å². The number of benzene rings is 1. The number of ether oxygens (including phenoxy) is 1. The molecule has 78 valence electrons. The van der Waals surface area contributed by atoms with Crippen molar-refractivity contribution in [2.24, 2.45) is 5.73 Å². The van der Waals surface area contributed by atoms with Gasteiger partial charge in [0.25, 0.3) is 0 Å². The van der Waals surface area contributed by atoms with E-state index in [0.29, 0.717) is 6.54 Å². The van der Waals surface area contributed by atoms with Crippen LogP contribution in [0.1, 0.15) is 4.88 Å². The molecule has 0 radical (unpaired) electrons. The summed E-state index contributed by atoms with van der Waals surface area (Å²) in [6.45, 7) is 0.535. The molecule has 0 bridgehead atoms. The van der Waals surface area contributed by atoms with Crippen molar-refractivity contribution in [2.75, 3.05) is 7.11 Å². The van der Waals surface area contributed by atoms with Crippen LogP contribution in [0.15, 0.2) is 30.5 Å². The summed E-state index contributed by atoms with van der Waals surface area (Å²) < 4.78 is 5.28. The predicted octanol–water partition coefficient (Wildman–Crippen LogP) is 2.28. The van der Waals surface area contributed by atoms with Crippen molar-refractivity contribution < 1.29 is 4.74 Å². The van der Waals surface area contributed by atoms with Gasteiger partial charge >= 0.3 is 0 Å². The second-order valence-electron chi connectivity index (χ2n) is 3.04. The van der Waals surface area contributed by atoms with Crippen LogP contribution in [0.25, 0.3) is 10.6 Å². The molecule has 0 aliphatic carbocycles. The van der Waals surface area contributed by atoms with E-state index in [0.717, 1.165) is 21.2 Å². The van der Waals surface area contributed by atoms with E-state index in [1.165, 1.54) is 0 Å². The average Bonchev–Trinajstić information content (AvgIpc) is 2.77. The van der Waals surface area contributed by atoms with E-state index in [9.17, 15) is 0 Å². The van der Waals surface area contributed by atoms with Gasteiger partial charge in [-0.1, -0.05) is 12.1 Å². The minimum atomic E-state index is 0.535. The van der Waals surface area contributed by atoms with Crippen molar-refractivity contribution in [3.05, 3.63) is 35.3 Å². The smallest absolute Gasteiger partial charge is 0.129 e. The number of nitrogens with two attached hydrogens (primary N) is 1. The van der Waals surface area contributed by atoms with Gasteiger partial charge in [-0.15, -0.1) is 11.3 Å². The molecule has 0 unspecified atom stereocenters. The fraction of sp³-hybridized carbons (Fsp3) is 0.182. The van der Waals surface area contributed by atoms with Crippen LogP contribution < -0.4 is 10.5 Å². The third-order valence-electron chi connectivity index (χ3n) is 2.09. The second-order valence-corrected chi connectivity index (χ2v) is 4.15. The Morgan fingerprint density at radius 2 is 2.20 bits per heavy atom. The van der Waals surface area contributed by atoms with Crippen LogP contribution in [0, 0.1) is 0 Å². The molecule has 0 atom stereocenters. The van der Waals surface area contributed by atoms with Gasteiger partial charge in [0.05, 0.1) is 12.7 Å². The molecule has 0 amide bonds. The summed E-state index contributed by atoms with van der Waals surface area (Å²) >= 11 is 1.60. The first-order valence-electron chi connectivity index (χ1n) is 4.63. The summed E-state index contributed by atoms with van der Waals surface area (Å²) in [5.41, 5.74) is 6.57. The standard InChI is InChI=1S/C11H12N2OS/c1-14-10-5-3-2-4-9(10)11-13-7-8(6-12)15-11/h2-5,7H,6,12H2,1H3. The minimum Gasteiger partial charge on any atom is -0.496 e. The molecule has 4 heteroatoms. The predicted molar refractivity (Wildman–Crippen MR) is 62.0 cm³/mol. The highest BCUT2D eigenvalue weighted by Gasteiger charge is 2.08. The lowest BCUT2D eigenvalue weighted by molar-refractivity contribution is 0.416. The Hall–Kier alpha value is -1.39. The fourth-order valence-electron chi connectivity index (χ4n) is 1.35. The van der Waals surface area contributed by atoms with Crippen molar-refractivity contribution in [3.8, 4) is 16.3 Å². The van der Waals surface area contributed by atoms with Crippen LogP contribution in [0.2, 0.25) is 0 Å². The number of hydrogen-bond donors (Lipinski definition) is 1. The summed E-state index contributed by atoms with van der Waals surface area (Å²) in [4.78, 5) is 5.40. The number of hydrogen-bond acceptors (Lipinski definition) is 4. The van der Waals surface area contributed by atoms with Crippen LogP contribution >= 0.6 is 11.3 Å². The van der Waals surface area contributed by atoms with E-state index < -0.39 is 0 Å². The highest BCUT2D eigenvalue weighted by atomic mass is 32.1. The zero-order valence-corrected chi connectivity index (χ0v) is 9.25. The summed E-state index contributed by atoms with van der Waals surface area (Å²) in [6, 6.07) is 7.85. The first-order chi connectivity index (χ1) is 7.35. The number of rotatable bonds is 3. The average molecular weight is 220 g/mol. The maximum Gasteiger partial charge on any atom is 0.129 e. The first-order valence-corrected chi connectivity index (χ1v) is 5.45. The number of para-hydroxylation sites is 1. The van der Waals surface area contributed by atoms with Gasteiger partial charge in [-0.3, -0.25) is 0 Å². The largest absolute Gasteiger partial charge is 0.496 e. The summed E-state index contributed by atoms with van der Waals surface area (Å²) in [7, 11) is 1.66. The Labute approximate surface area is 92.5 Å². The van der Waals surface area contributed by atoms with Crippen LogP contribution in [-0.2, 0) is 6.54 Å². The fourth-order valence-corrected chi connectivity index (χ4v) is 2.17. The van der Waals surface area contributed by atoms with E-state index in [2.05, 4.69) is 4.98 Å². The molecule has 15 heavy (non-hydrogen) atoms. The van der Waals surface area contributed by atoms with Gasteiger partial charge in [0.15, 0.2) is 0 Å². The molecule has 0 saturated carbocycles. The Morgan fingerprint density at radius 3 is 2.87 bits per heavy atom.